The summed E-state index contributed by atoms with van der Waals surface area (Å²) in [4.78, 5) is 12.2. The summed E-state index contributed by atoms with van der Waals surface area (Å²) >= 11 is 0. The number of benzene rings is 1. The Bertz CT molecular complexity index is 440. The average molecular weight is 264 g/mol. The molecule has 0 heterocycles. The number of nitrogens with one attached hydrogen (secondary N) is 2. The van der Waals surface area contributed by atoms with Crippen molar-refractivity contribution >= 4 is 11.6 Å². The van der Waals surface area contributed by atoms with E-state index in [-0.39, 0.29) is 17.6 Å². The topological polar surface area (TPSA) is 41.1 Å². The van der Waals surface area contributed by atoms with E-state index in [0.29, 0.717) is 5.56 Å². The summed E-state index contributed by atoms with van der Waals surface area (Å²) in [6, 6.07) is 4.80. The van der Waals surface area contributed by atoms with Crippen LogP contribution in [0.3, 0.4) is 0 Å². The molecule has 1 fully saturated rings. The minimum Gasteiger partial charge on any atom is -0.385 e. The Balaban J connectivity index is 2.09. The lowest BCUT2D eigenvalue weighted by Gasteiger charge is -2.17. The molecule has 0 bridgehead atoms. The van der Waals surface area contributed by atoms with Crippen molar-refractivity contribution in [1.82, 2.24) is 5.32 Å². The smallest absolute Gasteiger partial charge is 0.253 e. The summed E-state index contributed by atoms with van der Waals surface area (Å²) in [6.45, 7) is 0. The fourth-order valence-corrected chi connectivity index (χ4v) is 2.65. The number of hydrogen-bond donors (Lipinski definition) is 2. The van der Waals surface area contributed by atoms with E-state index in [1.165, 1.54) is 18.9 Å². The van der Waals surface area contributed by atoms with Crippen LogP contribution in [0.25, 0.3) is 0 Å². The van der Waals surface area contributed by atoms with Crippen LogP contribution in [0.5, 0.6) is 0 Å². The molecule has 1 aliphatic carbocycles. The quantitative estimate of drug-likeness (QED) is 0.822. The van der Waals surface area contributed by atoms with Gasteiger partial charge in [0.1, 0.15) is 5.82 Å². The first kappa shape index (κ1) is 13.8. The van der Waals surface area contributed by atoms with Crippen molar-refractivity contribution in [1.29, 1.82) is 0 Å². The van der Waals surface area contributed by atoms with E-state index in [1.54, 1.807) is 19.2 Å². The van der Waals surface area contributed by atoms with Crippen LogP contribution in [0.15, 0.2) is 18.2 Å². The second kappa shape index (κ2) is 6.55. The molecule has 0 aromatic heterocycles. The lowest BCUT2D eigenvalue weighted by atomic mass is 10.1. The fourth-order valence-electron chi connectivity index (χ4n) is 2.65. The second-order valence-electron chi connectivity index (χ2n) is 5.07. The number of carbonyl (C=O) groups is 1. The molecule has 104 valence electrons. The molecule has 0 unspecified atom stereocenters. The van der Waals surface area contributed by atoms with Crippen molar-refractivity contribution in [2.45, 2.75) is 44.6 Å². The van der Waals surface area contributed by atoms with Gasteiger partial charge in [0.05, 0.1) is 11.3 Å². The Labute approximate surface area is 113 Å². The van der Waals surface area contributed by atoms with Crippen LogP contribution >= 0.6 is 0 Å². The van der Waals surface area contributed by atoms with Crippen LogP contribution in [-0.4, -0.2) is 19.0 Å². The zero-order chi connectivity index (χ0) is 13.7. The Morgan fingerprint density at radius 3 is 2.53 bits per heavy atom. The molecule has 1 aromatic carbocycles. The molecule has 0 saturated heterocycles. The maximum absolute atomic E-state index is 13.6. The third-order valence-corrected chi connectivity index (χ3v) is 3.70. The van der Waals surface area contributed by atoms with Gasteiger partial charge in [0.25, 0.3) is 5.91 Å². The molecule has 4 heteroatoms. The van der Waals surface area contributed by atoms with E-state index in [1.807, 2.05) is 0 Å². The van der Waals surface area contributed by atoms with E-state index in [4.69, 9.17) is 0 Å². The normalized spacial score (nSPS) is 16.7. The van der Waals surface area contributed by atoms with Gasteiger partial charge < -0.3 is 10.6 Å². The molecule has 1 aromatic rings. The van der Waals surface area contributed by atoms with Gasteiger partial charge in [-0.2, -0.15) is 0 Å². The number of anilines is 1. The molecule has 3 nitrogen and oxygen atoms in total. The summed E-state index contributed by atoms with van der Waals surface area (Å²) in [5, 5.41) is 5.79. The lowest BCUT2D eigenvalue weighted by Crippen LogP contribution is -2.34. The molecule has 2 rings (SSSR count). The molecule has 1 saturated carbocycles. The Hall–Kier alpha value is -1.58. The maximum Gasteiger partial charge on any atom is 0.253 e. The standard InChI is InChI=1S/C15H21FN2O/c1-17-14-12(9-6-10-13(14)16)15(19)18-11-7-4-2-3-5-8-11/h6,9-11,17H,2-5,7-8H2,1H3,(H,18,19). The molecule has 0 radical (unpaired) electrons. The predicted octanol–water partition coefficient (Wildman–Crippen LogP) is 3.32. The second-order valence-corrected chi connectivity index (χ2v) is 5.07. The van der Waals surface area contributed by atoms with Crippen molar-refractivity contribution in [3.63, 3.8) is 0 Å². The van der Waals surface area contributed by atoms with Gasteiger partial charge in [0.2, 0.25) is 0 Å². The zero-order valence-electron chi connectivity index (χ0n) is 11.3. The third-order valence-electron chi connectivity index (χ3n) is 3.70. The highest BCUT2D eigenvalue weighted by molar-refractivity contribution is 5.99. The van der Waals surface area contributed by atoms with Gasteiger partial charge in [-0.25, -0.2) is 4.39 Å². The summed E-state index contributed by atoms with van der Waals surface area (Å²) in [6.07, 6.45) is 6.86. The molecule has 0 aliphatic heterocycles. The van der Waals surface area contributed by atoms with Crippen molar-refractivity contribution in [2.75, 3.05) is 12.4 Å². The molecular formula is C15H21FN2O. The van der Waals surface area contributed by atoms with Crippen LogP contribution in [0.1, 0.15) is 48.9 Å². The number of carbonyl (C=O) groups excluding carboxylic acids is 1. The van der Waals surface area contributed by atoms with Gasteiger partial charge in [-0.15, -0.1) is 0 Å². The summed E-state index contributed by atoms with van der Waals surface area (Å²) in [7, 11) is 1.63. The molecule has 0 atom stereocenters. The predicted molar refractivity (Wildman–Crippen MR) is 74.9 cm³/mol. The van der Waals surface area contributed by atoms with Crippen molar-refractivity contribution in [3.05, 3.63) is 29.6 Å². The van der Waals surface area contributed by atoms with Gasteiger partial charge in [-0.1, -0.05) is 31.7 Å². The van der Waals surface area contributed by atoms with Crippen molar-refractivity contribution < 1.29 is 9.18 Å². The van der Waals surface area contributed by atoms with E-state index in [9.17, 15) is 9.18 Å². The van der Waals surface area contributed by atoms with Gasteiger partial charge >= 0.3 is 0 Å². The molecule has 19 heavy (non-hydrogen) atoms. The Morgan fingerprint density at radius 2 is 1.89 bits per heavy atom. The van der Waals surface area contributed by atoms with E-state index in [2.05, 4.69) is 10.6 Å². The molecule has 2 N–H and O–H groups in total. The van der Waals surface area contributed by atoms with Crippen molar-refractivity contribution in [2.24, 2.45) is 0 Å². The average Bonchev–Trinajstić information content (AvgIpc) is 2.67. The molecule has 0 spiro atoms. The van der Waals surface area contributed by atoms with Gasteiger partial charge in [0.15, 0.2) is 0 Å². The molecule has 1 amide bonds. The number of hydrogen-bond acceptors (Lipinski definition) is 2. The maximum atomic E-state index is 13.6. The Kier molecular flexibility index (Phi) is 4.77. The number of para-hydroxylation sites is 1. The van der Waals surface area contributed by atoms with Gasteiger partial charge in [-0.3, -0.25) is 4.79 Å². The minimum absolute atomic E-state index is 0.184. The lowest BCUT2D eigenvalue weighted by molar-refractivity contribution is 0.0934. The van der Waals surface area contributed by atoms with E-state index in [0.717, 1.165) is 25.7 Å². The summed E-state index contributed by atoms with van der Waals surface area (Å²) in [5.74, 6) is -0.577. The fraction of sp³-hybridized carbons (Fsp3) is 0.533. The Morgan fingerprint density at radius 1 is 1.21 bits per heavy atom. The first-order valence-corrected chi connectivity index (χ1v) is 6.99. The van der Waals surface area contributed by atoms with Crippen molar-refractivity contribution in [3.8, 4) is 0 Å². The summed E-state index contributed by atoms with van der Waals surface area (Å²) in [5.41, 5.74) is 0.653. The summed E-state index contributed by atoms with van der Waals surface area (Å²) < 4.78 is 13.6. The number of halogens is 1. The molecular weight excluding hydrogens is 243 g/mol. The van der Waals surface area contributed by atoms with E-state index >= 15 is 0 Å². The largest absolute Gasteiger partial charge is 0.385 e. The third kappa shape index (κ3) is 3.46. The first-order chi connectivity index (χ1) is 9.22. The van der Waals surface area contributed by atoms with Gasteiger partial charge in [-0.05, 0) is 25.0 Å². The minimum atomic E-state index is -0.393. The number of amides is 1. The van der Waals surface area contributed by atoms with Crippen LogP contribution in [0.4, 0.5) is 10.1 Å². The first-order valence-electron chi connectivity index (χ1n) is 6.99. The monoisotopic (exact) mass is 264 g/mol. The van der Waals surface area contributed by atoms with E-state index < -0.39 is 5.82 Å². The molecule has 1 aliphatic rings. The zero-order valence-corrected chi connectivity index (χ0v) is 11.3. The number of rotatable bonds is 3. The highest BCUT2D eigenvalue weighted by Gasteiger charge is 2.18. The highest BCUT2D eigenvalue weighted by Crippen LogP contribution is 2.21. The van der Waals surface area contributed by atoms with Gasteiger partial charge in [0, 0.05) is 13.1 Å². The van der Waals surface area contributed by atoms with Crippen LogP contribution < -0.4 is 10.6 Å². The van der Waals surface area contributed by atoms with Crippen LogP contribution in [0.2, 0.25) is 0 Å². The SMILES string of the molecule is CNc1c(F)cccc1C(=O)NC1CCCCCC1. The van der Waals surface area contributed by atoms with Crippen LogP contribution in [-0.2, 0) is 0 Å². The highest BCUT2D eigenvalue weighted by atomic mass is 19.1. The van der Waals surface area contributed by atoms with Crippen LogP contribution in [0, 0.1) is 5.82 Å².